The Morgan fingerprint density at radius 1 is 1.42 bits per heavy atom. The van der Waals surface area contributed by atoms with E-state index in [9.17, 15) is 0 Å². The standard InChI is InChI=1S/C15H26ClN3/c1-5-7-8-19(12(3)6-2)15-14(16)9-13(10-17-4)11-18-15/h9,11-12,17H,5-8,10H2,1-4H3. The predicted octanol–water partition coefficient (Wildman–Crippen LogP) is 3.86. The van der Waals surface area contributed by atoms with E-state index in [-0.39, 0.29) is 0 Å². The summed E-state index contributed by atoms with van der Waals surface area (Å²) in [6.45, 7) is 8.46. The molecule has 0 saturated heterocycles. The van der Waals surface area contributed by atoms with Gasteiger partial charge in [0.05, 0.1) is 5.02 Å². The zero-order valence-electron chi connectivity index (χ0n) is 12.5. The first kappa shape index (κ1) is 16.3. The molecule has 1 aromatic rings. The van der Waals surface area contributed by atoms with Gasteiger partial charge in [-0.25, -0.2) is 4.98 Å². The fourth-order valence-electron chi connectivity index (χ4n) is 2.07. The first-order valence-corrected chi connectivity index (χ1v) is 7.57. The van der Waals surface area contributed by atoms with Crippen molar-refractivity contribution < 1.29 is 0 Å². The fraction of sp³-hybridized carbons (Fsp3) is 0.667. The molecule has 1 heterocycles. The molecule has 3 nitrogen and oxygen atoms in total. The predicted molar refractivity (Wildman–Crippen MR) is 84.0 cm³/mol. The minimum Gasteiger partial charge on any atom is -0.353 e. The van der Waals surface area contributed by atoms with Crippen molar-refractivity contribution in [1.29, 1.82) is 0 Å². The summed E-state index contributed by atoms with van der Waals surface area (Å²) < 4.78 is 0. The van der Waals surface area contributed by atoms with Gasteiger partial charge in [0, 0.05) is 25.3 Å². The third-order valence-electron chi connectivity index (χ3n) is 3.41. The Morgan fingerprint density at radius 3 is 2.68 bits per heavy atom. The van der Waals surface area contributed by atoms with Crippen molar-refractivity contribution in [2.75, 3.05) is 18.5 Å². The maximum atomic E-state index is 6.41. The van der Waals surface area contributed by atoms with E-state index in [0.717, 1.165) is 35.9 Å². The largest absolute Gasteiger partial charge is 0.353 e. The molecule has 1 rings (SSSR count). The van der Waals surface area contributed by atoms with Crippen molar-refractivity contribution in [3.8, 4) is 0 Å². The SMILES string of the molecule is CCCCN(c1ncc(CNC)cc1Cl)C(C)CC. The van der Waals surface area contributed by atoms with Crippen molar-refractivity contribution in [1.82, 2.24) is 10.3 Å². The smallest absolute Gasteiger partial charge is 0.147 e. The van der Waals surface area contributed by atoms with Crippen LogP contribution in [0.25, 0.3) is 0 Å². The zero-order chi connectivity index (χ0) is 14.3. The van der Waals surface area contributed by atoms with E-state index in [2.05, 4.69) is 36.0 Å². The van der Waals surface area contributed by atoms with Crippen LogP contribution >= 0.6 is 11.6 Å². The fourth-order valence-corrected chi connectivity index (χ4v) is 2.36. The van der Waals surface area contributed by atoms with Gasteiger partial charge < -0.3 is 10.2 Å². The van der Waals surface area contributed by atoms with E-state index in [1.165, 1.54) is 12.8 Å². The van der Waals surface area contributed by atoms with Gasteiger partial charge in [0.15, 0.2) is 0 Å². The molecule has 0 fully saturated rings. The Bertz CT molecular complexity index is 382. The summed E-state index contributed by atoms with van der Waals surface area (Å²) in [5.74, 6) is 0.921. The zero-order valence-corrected chi connectivity index (χ0v) is 13.3. The number of unbranched alkanes of at least 4 members (excludes halogenated alkanes) is 1. The van der Waals surface area contributed by atoms with Crippen molar-refractivity contribution in [3.05, 3.63) is 22.8 Å². The molecule has 0 bridgehead atoms. The summed E-state index contributed by atoms with van der Waals surface area (Å²) in [7, 11) is 1.93. The first-order valence-electron chi connectivity index (χ1n) is 7.19. The number of aromatic nitrogens is 1. The van der Waals surface area contributed by atoms with Gasteiger partial charge in [0.1, 0.15) is 5.82 Å². The van der Waals surface area contributed by atoms with Crippen molar-refractivity contribution in [3.63, 3.8) is 0 Å². The van der Waals surface area contributed by atoms with Crippen molar-refractivity contribution in [2.45, 2.75) is 52.6 Å². The molecular weight excluding hydrogens is 258 g/mol. The number of hydrogen-bond acceptors (Lipinski definition) is 3. The highest BCUT2D eigenvalue weighted by Gasteiger charge is 2.17. The van der Waals surface area contributed by atoms with Gasteiger partial charge in [-0.1, -0.05) is 31.9 Å². The molecule has 0 saturated carbocycles. The van der Waals surface area contributed by atoms with Gasteiger partial charge in [-0.15, -0.1) is 0 Å². The second-order valence-corrected chi connectivity index (χ2v) is 5.39. The second kappa shape index (κ2) is 8.39. The first-order chi connectivity index (χ1) is 9.13. The molecule has 1 unspecified atom stereocenters. The third kappa shape index (κ3) is 4.66. The molecule has 0 aliphatic carbocycles. The molecule has 1 aromatic heterocycles. The van der Waals surface area contributed by atoms with Gasteiger partial charge in [0.2, 0.25) is 0 Å². The van der Waals surface area contributed by atoms with E-state index in [4.69, 9.17) is 11.6 Å². The monoisotopic (exact) mass is 283 g/mol. The van der Waals surface area contributed by atoms with Gasteiger partial charge in [-0.3, -0.25) is 0 Å². The summed E-state index contributed by atoms with van der Waals surface area (Å²) in [6.07, 6.45) is 5.36. The van der Waals surface area contributed by atoms with E-state index < -0.39 is 0 Å². The lowest BCUT2D eigenvalue weighted by Crippen LogP contribution is -2.34. The van der Waals surface area contributed by atoms with Gasteiger partial charge in [-0.05, 0) is 38.4 Å². The average molecular weight is 284 g/mol. The number of hydrogen-bond donors (Lipinski definition) is 1. The van der Waals surface area contributed by atoms with Crippen LogP contribution in [0.2, 0.25) is 5.02 Å². The number of pyridine rings is 1. The molecule has 0 radical (unpaired) electrons. The highest BCUT2D eigenvalue weighted by Crippen LogP contribution is 2.26. The molecule has 0 aliphatic heterocycles. The lowest BCUT2D eigenvalue weighted by atomic mass is 10.2. The van der Waals surface area contributed by atoms with Gasteiger partial charge in [0.25, 0.3) is 0 Å². The van der Waals surface area contributed by atoms with Crippen LogP contribution in [0.5, 0.6) is 0 Å². The molecule has 0 aliphatic rings. The van der Waals surface area contributed by atoms with Crippen LogP contribution in [0.15, 0.2) is 12.3 Å². The van der Waals surface area contributed by atoms with E-state index in [1.807, 2.05) is 19.3 Å². The summed E-state index contributed by atoms with van der Waals surface area (Å²) in [6, 6.07) is 2.48. The molecule has 0 amide bonds. The molecule has 4 heteroatoms. The molecule has 0 aromatic carbocycles. The summed E-state index contributed by atoms with van der Waals surface area (Å²) in [5, 5.41) is 3.87. The Labute approximate surface area is 122 Å². The average Bonchev–Trinajstić information content (AvgIpc) is 2.41. The second-order valence-electron chi connectivity index (χ2n) is 4.98. The summed E-state index contributed by atoms with van der Waals surface area (Å²) in [4.78, 5) is 6.90. The minimum absolute atomic E-state index is 0.465. The summed E-state index contributed by atoms with van der Waals surface area (Å²) >= 11 is 6.41. The molecule has 1 atom stereocenters. The van der Waals surface area contributed by atoms with E-state index >= 15 is 0 Å². The Morgan fingerprint density at radius 2 is 2.16 bits per heavy atom. The van der Waals surface area contributed by atoms with E-state index in [1.54, 1.807) is 0 Å². The maximum absolute atomic E-state index is 6.41. The number of nitrogens with zero attached hydrogens (tertiary/aromatic N) is 2. The quantitative estimate of drug-likeness (QED) is 0.785. The van der Waals surface area contributed by atoms with Crippen LogP contribution in [0, 0.1) is 0 Å². The minimum atomic E-state index is 0.465. The third-order valence-corrected chi connectivity index (χ3v) is 3.68. The van der Waals surface area contributed by atoms with Gasteiger partial charge >= 0.3 is 0 Å². The normalized spacial score (nSPS) is 12.5. The number of halogens is 1. The van der Waals surface area contributed by atoms with Gasteiger partial charge in [-0.2, -0.15) is 0 Å². The Hall–Kier alpha value is -0.800. The molecular formula is C15H26ClN3. The highest BCUT2D eigenvalue weighted by atomic mass is 35.5. The van der Waals surface area contributed by atoms with Crippen LogP contribution < -0.4 is 10.2 Å². The van der Waals surface area contributed by atoms with Crippen LogP contribution in [0.1, 0.15) is 45.6 Å². The molecule has 0 spiro atoms. The number of anilines is 1. The Kier molecular flexibility index (Phi) is 7.17. The molecule has 19 heavy (non-hydrogen) atoms. The number of nitrogens with one attached hydrogen (secondary N) is 1. The van der Waals surface area contributed by atoms with Crippen LogP contribution in [0.4, 0.5) is 5.82 Å². The van der Waals surface area contributed by atoms with Crippen molar-refractivity contribution >= 4 is 17.4 Å². The lowest BCUT2D eigenvalue weighted by molar-refractivity contribution is 0.589. The summed E-state index contributed by atoms with van der Waals surface area (Å²) in [5.41, 5.74) is 1.12. The molecule has 1 N–H and O–H groups in total. The van der Waals surface area contributed by atoms with Crippen LogP contribution in [0.3, 0.4) is 0 Å². The lowest BCUT2D eigenvalue weighted by Gasteiger charge is -2.30. The highest BCUT2D eigenvalue weighted by molar-refractivity contribution is 6.33. The maximum Gasteiger partial charge on any atom is 0.147 e. The Balaban J connectivity index is 2.94. The van der Waals surface area contributed by atoms with Crippen LogP contribution in [-0.2, 0) is 6.54 Å². The number of rotatable bonds is 8. The van der Waals surface area contributed by atoms with Crippen LogP contribution in [-0.4, -0.2) is 24.6 Å². The molecule has 108 valence electrons. The topological polar surface area (TPSA) is 28.2 Å². The van der Waals surface area contributed by atoms with Crippen molar-refractivity contribution in [2.24, 2.45) is 0 Å². The van der Waals surface area contributed by atoms with E-state index in [0.29, 0.717) is 6.04 Å².